The summed E-state index contributed by atoms with van der Waals surface area (Å²) in [4.78, 5) is 4.32. The molecule has 0 aliphatic heterocycles. The molecule has 24 heavy (non-hydrogen) atoms. The normalized spacial score (nSPS) is 21.2. The zero-order chi connectivity index (χ0) is 16.5. The molecule has 0 radical (unpaired) electrons. The number of rotatable bonds is 7. The van der Waals surface area contributed by atoms with Crippen molar-refractivity contribution in [2.45, 2.75) is 58.9 Å². The molecule has 1 heterocycles. The van der Waals surface area contributed by atoms with Crippen LogP contribution in [0.15, 0.2) is 11.3 Å². The first-order valence-electron chi connectivity index (χ1n) is 9.08. The van der Waals surface area contributed by atoms with Gasteiger partial charge in [-0.1, -0.05) is 33.1 Å². The fourth-order valence-corrected chi connectivity index (χ4v) is 3.34. The molecule has 1 aromatic heterocycles. The smallest absolute Gasteiger partial charge is 0.191 e. The molecule has 0 spiro atoms. The van der Waals surface area contributed by atoms with Gasteiger partial charge >= 0.3 is 0 Å². The van der Waals surface area contributed by atoms with E-state index >= 15 is 0 Å². The fourth-order valence-electron chi connectivity index (χ4n) is 3.34. The van der Waals surface area contributed by atoms with Crippen LogP contribution in [0.3, 0.4) is 0 Å². The average Bonchev–Trinajstić information content (AvgIpc) is 3.05. The van der Waals surface area contributed by atoms with E-state index in [1.165, 1.54) is 32.1 Å². The van der Waals surface area contributed by atoms with Crippen molar-refractivity contribution in [3.05, 3.63) is 12.2 Å². The molecule has 0 saturated heterocycles. The Morgan fingerprint density at radius 2 is 1.92 bits per heavy atom. The Labute approximate surface area is 163 Å². The maximum absolute atomic E-state index is 4.32. The Morgan fingerprint density at radius 3 is 2.54 bits per heavy atom. The molecule has 1 saturated carbocycles. The quantitative estimate of drug-likeness (QED) is 0.383. The SMILES string of the molecule is CCc1nncn1CCNC(=NC)NCC1CCC(CC)CC1.I. The first-order chi connectivity index (χ1) is 11.3. The Bertz CT molecular complexity index is 479. The van der Waals surface area contributed by atoms with Crippen LogP contribution in [-0.2, 0) is 13.0 Å². The summed E-state index contributed by atoms with van der Waals surface area (Å²) in [6.45, 7) is 7.13. The molecule has 2 rings (SSSR count). The Balaban J connectivity index is 0.00000288. The van der Waals surface area contributed by atoms with Crippen LogP contribution in [0.25, 0.3) is 0 Å². The van der Waals surface area contributed by atoms with Gasteiger partial charge in [0, 0.05) is 33.1 Å². The predicted molar refractivity (Wildman–Crippen MR) is 110 cm³/mol. The minimum atomic E-state index is 0. The third-order valence-electron chi connectivity index (χ3n) is 4.98. The molecule has 2 N–H and O–H groups in total. The maximum Gasteiger partial charge on any atom is 0.191 e. The van der Waals surface area contributed by atoms with Crippen LogP contribution < -0.4 is 10.6 Å². The third-order valence-corrected chi connectivity index (χ3v) is 4.98. The Morgan fingerprint density at radius 1 is 1.21 bits per heavy atom. The molecule has 0 aromatic carbocycles. The maximum atomic E-state index is 4.32. The van der Waals surface area contributed by atoms with Crippen LogP contribution in [0, 0.1) is 11.8 Å². The van der Waals surface area contributed by atoms with Gasteiger partial charge in [-0.15, -0.1) is 34.2 Å². The van der Waals surface area contributed by atoms with Crippen LogP contribution in [0.1, 0.15) is 51.8 Å². The lowest BCUT2D eigenvalue weighted by atomic mass is 9.81. The second-order valence-electron chi connectivity index (χ2n) is 6.47. The van der Waals surface area contributed by atoms with Crippen molar-refractivity contribution in [3.8, 4) is 0 Å². The molecule has 1 aliphatic carbocycles. The first-order valence-corrected chi connectivity index (χ1v) is 9.08. The van der Waals surface area contributed by atoms with Crippen molar-refractivity contribution < 1.29 is 0 Å². The molecule has 1 fully saturated rings. The highest BCUT2D eigenvalue weighted by molar-refractivity contribution is 14.0. The highest BCUT2D eigenvalue weighted by atomic mass is 127. The summed E-state index contributed by atoms with van der Waals surface area (Å²) in [5.41, 5.74) is 0. The van der Waals surface area contributed by atoms with Crippen LogP contribution in [0.2, 0.25) is 0 Å². The van der Waals surface area contributed by atoms with Crippen molar-refractivity contribution in [1.82, 2.24) is 25.4 Å². The van der Waals surface area contributed by atoms with Crippen LogP contribution in [0.5, 0.6) is 0 Å². The van der Waals surface area contributed by atoms with Gasteiger partial charge in [0.25, 0.3) is 0 Å². The van der Waals surface area contributed by atoms with E-state index in [0.717, 1.165) is 49.7 Å². The van der Waals surface area contributed by atoms with Crippen molar-refractivity contribution in [2.24, 2.45) is 16.8 Å². The van der Waals surface area contributed by atoms with Crippen LogP contribution >= 0.6 is 24.0 Å². The second kappa shape index (κ2) is 11.7. The van der Waals surface area contributed by atoms with Crippen molar-refractivity contribution in [1.29, 1.82) is 0 Å². The lowest BCUT2D eigenvalue weighted by molar-refractivity contribution is 0.269. The van der Waals surface area contributed by atoms with Gasteiger partial charge in [-0.25, -0.2) is 0 Å². The molecule has 0 amide bonds. The monoisotopic (exact) mass is 448 g/mol. The molecule has 6 nitrogen and oxygen atoms in total. The van der Waals surface area contributed by atoms with Crippen LogP contribution in [-0.4, -0.2) is 40.9 Å². The van der Waals surface area contributed by atoms with Gasteiger partial charge < -0.3 is 15.2 Å². The molecule has 138 valence electrons. The van der Waals surface area contributed by atoms with Crippen molar-refractivity contribution >= 4 is 29.9 Å². The number of aliphatic imine (C=N–C) groups is 1. The summed E-state index contributed by atoms with van der Waals surface area (Å²) in [6.07, 6.45) is 9.53. The van der Waals surface area contributed by atoms with Gasteiger partial charge in [0.2, 0.25) is 0 Å². The number of aryl methyl sites for hydroxylation is 1. The Kier molecular flexibility index (Phi) is 10.3. The molecule has 0 bridgehead atoms. The van der Waals surface area contributed by atoms with E-state index in [4.69, 9.17) is 0 Å². The summed E-state index contributed by atoms with van der Waals surface area (Å²) in [6, 6.07) is 0. The molecular formula is C17H33IN6. The number of hydrogen-bond acceptors (Lipinski definition) is 3. The van der Waals surface area contributed by atoms with E-state index in [2.05, 4.69) is 44.2 Å². The number of hydrogen-bond donors (Lipinski definition) is 2. The summed E-state index contributed by atoms with van der Waals surface area (Å²) < 4.78 is 2.09. The first kappa shape index (κ1) is 21.2. The molecule has 7 heteroatoms. The van der Waals surface area contributed by atoms with E-state index in [-0.39, 0.29) is 24.0 Å². The topological polar surface area (TPSA) is 67.1 Å². The van der Waals surface area contributed by atoms with Gasteiger partial charge in [0.15, 0.2) is 5.96 Å². The van der Waals surface area contributed by atoms with E-state index in [1.54, 1.807) is 6.33 Å². The lowest BCUT2D eigenvalue weighted by Gasteiger charge is -2.28. The highest BCUT2D eigenvalue weighted by Crippen LogP contribution is 2.29. The van der Waals surface area contributed by atoms with Crippen molar-refractivity contribution in [3.63, 3.8) is 0 Å². The van der Waals surface area contributed by atoms with E-state index in [0.29, 0.717) is 0 Å². The number of nitrogens with zero attached hydrogens (tertiary/aromatic N) is 4. The van der Waals surface area contributed by atoms with Gasteiger partial charge in [0.1, 0.15) is 12.2 Å². The lowest BCUT2D eigenvalue weighted by Crippen LogP contribution is -2.41. The van der Waals surface area contributed by atoms with E-state index < -0.39 is 0 Å². The zero-order valence-corrected chi connectivity index (χ0v) is 17.6. The summed E-state index contributed by atoms with van der Waals surface area (Å²) >= 11 is 0. The molecular weight excluding hydrogens is 415 g/mol. The van der Waals surface area contributed by atoms with Crippen LogP contribution in [0.4, 0.5) is 0 Å². The van der Waals surface area contributed by atoms with E-state index in [1.807, 2.05) is 7.05 Å². The van der Waals surface area contributed by atoms with Gasteiger partial charge in [0.05, 0.1) is 0 Å². The average molecular weight is 448 g/mol. The van der Waals surface area contributed by atoms with Gasteiger partial charge in [-0.2, -0.15) is 0 Å². The Hall–Kier alpha value is -0.860. The predicted octanol–water partition coefficient (Wildman–Crippen LogP) is 2.84. The largest absolute Gasteiger partial charge is 0.356 e. The summed E-state index contributed by atoms with van der Waals surface area (Å²) in [5, 5.41) is 14.9. The number of halogens is 1. The van der Waals surface area contributed by atoms with E-state index in [9.17, 15) is 0 Å². The minimum absolute atomic E-state index is 0. The highest BCUT2D eigenvalue weighted by Gasteiger charge is 2.19. The molecule has 1 aromatic rings. The standard InChI is InChI=1S/C17H32N6.HI/c1-4-14-6-8-15(9-7-14)12-20-17(18-3)19-10-11-23-13-21-22-16(23)5-2;/h13-15H,4-12H2,1-3H3,(H2,18,19,20);1H. The molecule has 1 aliphatic rings. The number of guanidine groups is 1. The fraction of sp³-hybridized carbons (Fsp3) is 0.824. The van der Waals surface area contributed by atoms with Gasteiger partial charge in [-0.05, 0) is 24.7 Å². The van der Waals surface area contributed by atoms with Gasteiger partial charge in [-0.3, -0.25) is 4.99 Å². The number of nitrogens with one attached hydrogen (secondary N) is 2. The summed E-state index contributed by atoms with van der Waals surface area (Å²) in [5.74, 6) is 3.68. The summed E-state index contributed by atoms with van der Waals surface area (Å²) in [7, 11) is 1.83. The number of aromatic nitrogens is 3. The second-order valence-corrected chi connectivity index (χ2v) is 6.47. The zero-order valence-electron chi connectivity index (χ0n) is 15.3. The third kappa shape index (κ3) is 6.57. The molecule has 0 atom stereocenters. The minimum Gasteiger partial charge on any atom is -0.356 e. The molecule has 0 unspecified atom stereocenters. The van der Waals surface area contributed by atoms with Crippen molar-refractivity contribution in [2.75, 3.05) is 20.1 Å².